The number of hydrogen-bond acceptors (Lipinski definition) is 3. The first-order valence-corrected chi connectivity index (χ1v) is 2.51. The van der Waals surface area contributed by atoms with Gasteiger partial charge in [-0.15, -0.1) is 0 Å². The van der Waals surface area contributed by atoms with Crippen molar-refractivity contribution in [2.24, 2.45) is 0 Å². The Morgan fingerprint density at radius 3 is 1.82 bits per heavy atom. The van der Waals surface area contributed by atoms with Crippen LogP contribution >= 0.6 is 0 Å². The molecule has 0 spiro atoms. The maximum absolute atomic E-state index is 10.7. The number of carbonyl (C=O) groups excluding carboxylic acids is 2. The van der Waals surface area contributed by atoms with Crippen molar-refractivity contribution in [2.45, 2.75) is 13.3 Å². The molecule has 0 aromatic rings. The van der Waals surface area contributed by atoms with Gasteiger partial charge in [0.1, 0.15) is 12.2 Å². The molecule has 66 valence electrons. The number of Topliss-reactive ketones (excluding diaryl/α,β-unsaturated/α-hetero) is 1. The van der Waals surface area contributed by atoms with Crippen molar-refractivity contribution in [2.75, 3.05) is 6.93 Å². The number of alkyl halides is 2. The zero-order valence-corrected chi connectivity index (χ0v) is 5.77. The van der Waals surface area contributed by atoms with Gasteiger partial charge in [-0.05, 0) is 6.92 Å². The van der Waals surface area contributed by atoms with E-state index in [0.717, 1.165) is 0 Å². The molecule has 0 unspecified atom stereocenters. The standard InChI is InChI=1S/C4H5FO3.CH2F2/c1-3(6)2-4(7)8-5;2-1-3/h2H2,1H3;1H2. The van der Waals surface area contributed by atoms with Gasteiger partial charge in [0.2, 0.25) is 6.93 Å². The van der Waals surface area contributed by atoms with Crippen molar-refractivity contribution in [1.29, 1.82) is 0 Å². The van der Waals surface area contributed by atoms with Gasteiger partial charge in [0, 0.05) is 4.53 Å². The van der Waals surface area contributed by atoms with Crippen LogP contribution in [0.1, 0.15) is 13.3 Å². The fraction of sp³-hybridized carbons (Fsp3) is 0.600. The van der Waals surface area contributed by atoms with Gasteiger partial charge in [0.25, 0.3) is 0 Å². The van der Waals surface area contributed by atoms with Gasteiger partial charge in [-0.2, -0.15) is 0 Å². The van der Waals surface area contributed by atoms with Crippen molar-refractivity contribution >= 4 is 11.8 Å². The quantitative estimate of drug-likeness (QED) is 0.589. The summed E-state index contributed by atoms with van der Waals surface area (Å²) in [6.45, 7) is -0.573. The minimum absolute atomic E-state index is 0.410. The summed E-state index contributed by atoms with van der Waals surface area (Å²) >= 11 is 0. The number of halogens is 3. The van der Waals surface area contributed by atoms with E-state index in [1.54, 1.807) is 0 Å². The largest absolute Gasteiger partial charge is 0.356 e. The molecule has 0 N–H and O–H groups in total. The van der Waals surface area contributed by atoms with E-state index in [1.807, 2.05) is 0 Å². The second-order valence-corrected chi connectivity index (χ2v) is 1.43. The SMILES string of the molecule is CC(=O)CC(=O)OF.FCF. The lowest BCUT2D eigenvalue weighted by atomic mass is 10.3. The molecule has 0 amide bonds. The summed E-state index contributed by atoms with van der Waals surface area (Å²) in [6.07, 6.45) is -0.490. The van der Waals surface area contributed by atoms with Gasteiger partial charge in [0.05, 0.1) is 0 Å². The molecule has 0 saturated carbocycles. The molecule has 0 heterocycles. The van der Waals surface area contributed by atoms with Crippen molar-refractivity contribution < 1.29 is 27.8 Å². The Morgan fingerprint density at radius 2 is 1.73 bits per heavy atom. The maximum atomic E-state index is 10.7. The summed E-state index contributed by atoms with van der Waals surface area (Å²) in [6, 6.07) is 0. The molecule has 0 aromatic carbocycles. The van der Waals surface area contributed by atoms with Crippen LogP contribution in [-0.2, 0) is 14.5 Å². The third-order valence-corrected chi connectivity index (χ3v) is 0.479. The second kappa shape index (κ2) is 8.93. The molecule has 0 rings (SSSR count). The van der Waals surface area contributed by atoms with Crippen LogP contribution in [0.3, 0.4) is 0 Å². The Kier molecular flexibility index (Phi) is 10.2. The van der Waals surface area contributed by atoms with Crippen LogP contribution in [0.25, 0.3) is 0 Å². The first kappa shape index (κ1) is 12.6. The lowest BCUT2D eigenvalue weighted by Gasteiger charge is -1.85. The Labute approximate surface area is 61.0 Å². The normalized spacial score (nSPS) is 7.64. The van der Waals surface area contributed by atoms with E-state index in [0.29, 0.717) is 0 Å². The number of ketones is 1. The van der Waals surface area contributed by atoms with E-state index < -0.39 is 25.1 Å². The summed E-state index contributed by atoms with van der Waals surface area (Å²) < 4.78 is 30.0. The van der Waals surface area contributed by atoms with E-state index in [9.17, 15) is 22.9 Å². The van der Waals surface area contributed by atoms with Crippen LogP contribution < -0.4 is 0 Å². The van der Waals surface area contributed by atoms with Gasteiger partial charge in [0.15, 0.2) is 0 Å². The van der Waals surface area contributed by atoms with Crippen LogP contribution in [0.5, 0.6) is 0 Å². The number of carbonyl (C=O) groups is 2. The van der Waals surface area contributed by atoms with E-state index in [2.05, 4.69) is 4.94 Å². The third kappa shape index (κ3) is 17.6. The minimum Gasteiger partial charge on any atom is -0.299 e. The number of rotatable bonds is 2. The van der Waals surface area contributed by atoms with E-state index in [1.165, 1.54) is 6.92 Å². The fourth-order valence-corrected chi connectivity index (χ4v) is 0.231. The predicted octanol–water partition coefficient (Wildman–Crippen LogP) is 1.28. The molecule has 11 heavy (non-hydrogen) atoms. The van der Waals surface area contributed by atoms with Crippen LogP contribution in [-0.4, -0.2) is 18.7 Å². The lowest BCUT2D eigenvalue weighted by molar-refractivity contribution is -0.183. The van der Waals surface area contributed by atoms with Crippen LogP contribution in [0.15, 0.2) is 0 Å². The molecule has 6 heteroatoms. The highest BCUT2D eigenvalue weighted by Gasteiger charge is 2.04. The Balaban J connectivity index is 0. The van der Waals surface area contributed by atoms with Crippen LogP contribution in [0.2, 0.25) is 0 Å². The first-order chi connectivity index (χ1) is 5.08. The summed E-state index contributed by atoms with van der Waals surface area (Å²) in [7, 11) is 0. The minimum atomic E-state index is -1.75. The molecule has 0 aliphatic heterocycles. The smallest absolute Gasteiger partial charge is 0.299 e. The van der Waals surface area contributed by atoms with Gasteiger partial charge >= 0.3 is 5.97 Å². The van der Waals surface area contributed by atoms with Gasteiger partial charge in [-0.3, -0.25) is 9.74 Å². The second-order valence-electron chi connectivity index (χ2n) is 1.43. The highest BCUT2D eigenvalue weighted by atomic mass is 19.3. The molecular formula is C5H7F3O3. The van der Waals surface area contributed by atoms with E-state index >= 15 is 0 Å². The summed E-state index contributed by atoms with van der Waals surface area (Å²) in [5.74, 6) is -1.55. The monoisotopic (exact) mass is 172 g/mol. The molecule has 0 fully saturated rings. The Bertz CT molecular complexity index is 126. The molecule has 0 radical (unpaired) electrons. The van der Waals surface area contributed by atoms with E-state index in [4.69, 9.17) is 0 Å². The summed E-state index contributed by atoms with van der Waals surface area (Å²) in [5, 5.41) is 0. The molecule has 0 aromatic heterocycles. The summed E-state index contributed by atoms with van der Waals surface area (Å²) in [4.78, 5) is 22.5. The van der Waals surface area contributed by atoms with Crippen LogP contribution in [0, 0.1) is 0 Å². The van der Waals surface area contributed by atoms with Crippen LogP contribution in [0.4, 0.5) is 13.3 Å². The number of hydrogen-bond donors (Lipinski definition) is 0. The Hall–Kier alpha value is -1.07. The van der Waals surface area contributed by atoms with Gasteiger partial charge in [-0.1, -0.05) is 0 Å². The zero-order chi connectivity index (χ0) is 9.28. The highest BCUT2D eigenvalue weighted by Crippen LogP contribution is 1.86. The van der Waals surface area contributed by atoms with Crippen molar-refractivity contribution in [3.05, 3.63) is 0 Å². The Morgan fingerprint density at radius 1 is 1.36 bits per heavy atom. The molecule has 0 aliphatic rings. The van der Waals surface area contributed by atoms with Gasteiger partial charge < -0.3 is 0 Å². The van der Waals surface area contributed by atoms with Crippen molar-refractivity contribution in [3.8, 4) is 0 Å². The summed E-state index contributed by atoms with van der Waals surface area (Å²) in [5.41, 5.74) is 0. The first-order valence-electron chi connectivity index (χ1n) is 2.51. The van der Waals surface area contributed by atoms with Crippen molar-refractivity contribution in [1.82, 2.24) is 0 Å². The average molecular weight is 172 g/mol. The molecule has 0 saturated heterocycles. The predicted molar refractivity (Wildman–Crippen MR) is 29.6 cm³/mol. The van der Waals surface area contributed by atoms with Crippen molar-refractivity contribution in [3.63, 3.8) is 0 Å². The molecule has 0 aliphatic carbocycles. The fourth-order valence-electron chi connectivity index (χ4n) is 0.231. The lowest BCUT2D eigenvalue weighted by Crippen LogP contribution is -2.03. The topological polar surface area (TPSA) is 43.4 Å². The molecule has 0 atom stereocenters. The third-order valence-electron chi connectivity index (χ3n) is 0.479. The maximum Gasteiger partial charge on any atom is 0.356 e. The molecular weight excluding hydrogens is 165 g/mol. The van der Waals surface area contributed by atoms with E-state index in [-0.39, 0.29) is 0 Å². The molecule has 0 bridgehead atoms. The molecule has 3 nitrogen and oxygen atoms in total. The average Bonchev–Trinajstić information content (AvgIpc) is 1.88. The zero-order valence-electron chi connectivity index (χ0n) is 5.77. The van der Waals surface area contributed by atoms with Gasteiger partial charge in [-0.25, -0.2) is 13.6 Å². The highest BCUT2D eigenvalue weighted by molar-refractivity contribution is 5.93.